The summed E-state index contributed by atoms with van der Waals surface area (Å²) in [5.74, 6) is -0.418. The second kappa shape index (κ2) is 11.5. The third-order valence-corrected chi connectivity index (χ3v) is 6.31. The zero-order valence-electron chi connectivity index (χ0n) is 19.6. The number of hydrogen-bond donors (Lipinski definition) is 1. The van der Waals surface area contributed by atoms with Crippen LogP contribution in [0.2, 0.25) is 5.02 Å². The fraction of sp³-hybridized carbons (Fsp3) is 0.167. The topological polar surface area (TPSA) is 94.1 Å². The molecule has 7 nitrogen and oxygen atoms in total. The van der Waals surface area contributed by atoms with Crippen LogP contribution in [0.5, 0.6) is 5.75 Å². The van der Waals surface area contributed by atoms with Crippen LogP contribution in [-0.4, -0.2) is 26.8 Å². The second-order valence-electron chi connectivity index (χ2n) is 7.60. The summed E-state index contributed by atoms with van der Waals surface area (Å²) in [6.45, 7) is 1.66. The van der Waals surface area contributed by atoms with Crippen LogP contribution in [0.15, 0.2) is 76.7 Å². The minimum absolute atomic E-state index is 0.0469. The van der Waals surface area contributed by atoms with Gasteiger partial charge in [0.05, 0.1) is 23.4 Å². The molecule has 15 heteroatoms. The molecule has 0 fully saturated rings. The minimum atomic E-state index is -5.25. The van der Waals surface area contributed by atoms with Gasteiger partial charge in [-0.25, -0.2) is 10.2 Å². The van der Waals surface area contributed by atoms with Crippen molar-refractivity contribution in [3.63, 3.8) is 0 Å². The summed E-state index contributed by atoms with van der Waals surface area (Å²) < 4.78 is 114. The molecule has 0 aromatic heterocycles. The Morgan fingerprint density at radius 2 is 1.36 bits per heavy atom. The van der Waals surface area contributed by atoms with Gasteiger partial charge < -0.3 is 8.92 Å². The fourth-order valence-electron chi connectivity index (χ4n) is 3.08. The van der Waals surface area contributed by atoms with Gasteiger partial charge in [-0.15, -0.1) is 0 Å². The van der Waals surface area contributed by atoms with E-state index < -0.39 is 50.3 Å². The van der Waals surface area contributed by atoms with Gasteiger partial charge in [-0.2, -0.15) is 39.9 Å². The van der Waals surface area contributed by atoms with Crippen LogP contribution >= 0.6 is 11.6 Å². The number of carbonyl (C=O) groups is 1. The van der Waals surface area contributed by atoms with E-state index in [9.17, 15) is 39.6 Å². The second-order valence-corrected chi connectivity index (χ2v) is 9.59. The Morgan fingerprint density at radius 1 is 0.872 bits per heavy atom. The molecule has 39 heavy (non-hydrogen) atoms. The Labute approximate surface area is 223 Å². The van der Waals surface area contributed by atoms with E-state index >= 15 is 0 Å². The van der Waals surface area contributed by atoms with E-state index in [0.717, 1.165) is 12.1 Å². The molecule has 3 aromatic carbocycles. The summed E-state index contributed by atoms with van der Waals surface area (Å²) in [5.41, 5.74) is -0.465. The van der Waals surface area contributed by atoms with E-state index in [-0.39, 0.29) is 30.5 Å². The number of benzene rings is 3. The predicted octanol–water partition coefficient (Wildman–Crippen LogP) is 6.64. The summed E-state index contributed by atoms with van der Waals surface area (Å²) in [7, 11) is -5.12. The van der Waals surface area contributed by atoms with Crippen LogP contribution in [-0.2, 0) is 27.2 Å². The zero-order chi connectivity index (χ0) is 29.0. The van der Waals surface area contributed by atoms with Crippen LogP contribution in [0.25, 0.3) is 0 Å². The van der Waals surface area contributed by atoms with Crippen LogP contribution in [0.4, 0.5) is 31.1 Å². The smallest absolute Gasteiger partial charge is 0.427 e. The lowest BCUT2D eigenvalue weighted by Crippen LogP contribution is -2.21. The van der Waals surface area contributed by atoms with E-state index in [0.29, 0.717) is 16.1 Å². The summed E-state index contributed by atoms with van der Waals surface area (Å²) in [6.07, 6.45) is -11.3. The molecule has 0 atom stereocenters. The molecule has 0 bridgehead atoms. The summed E-state index contributed by atoms with van der Waals surface area (Å²) >= 11 is 5.91. The Kier molecular flexibility index (Phi) is 8.80. The van der Waals surface area contributed by atoms with Crippen molar-refractivity contribution < 1.29 is 48.5 Å². The molecule has 0 saturated heterocycles. The molecule has 0 aliphatic carbocycles. The fourth-order valence-corrected chi connectivity index (χ4v) is 4.21. The number of nitrogens with zero attached hydrogens (tertiary/aromatic N) is 1. The number of nitrogens with one attached hydrogen (secondary N) is 1. The number of carbonyl (C=O) groups excluding carboxylic acids is 1. The first kappa shape index (κ1) is 29.8. The summed E-state index contributed by atoms with van der Waals surface area (Å²) in [5, 5.41) is 4.42. The highest BCUT2D eigenvalue weighted by Crippen LogP contribution is 2.37. The lowest BCUT2D eigenvalue weighted by molar-refractivity contribution is -0.143. The quantitative estimate of drug-likeness (QED) is 0.143. The number of halogens is 7. The van der Waals surface area contributed by atoms with Crippen LogP contribution in [0.3, 0.4) is 0 Å². The van der Waals surface area contributed by atoms with Crippen LogP contribution < -0.4 is 9.61 Å². The Bertz CT molecular complexity index is 1440. The highest BCUT2D eigenvalue weighted by Gasteiger charge is 2.38. The highest BCUT2D eigenvalue weighted by molar-refractivity contribution is 7.87. The molecule has 0 aliphatic rings. The van der Waals surface area contributed by atoms with Gasteiger partial charge in [-0.1, -0.05) is 23.7 Å². The van der Waals surface area contributed by atoms with Crippen molar-refractivity contribution in [2.45, 2.75) is 24.2 Å². The molecular weight excluding hydrogens is 578 g/mol. The van der Waals surface area contributed by atoms with E-state index in [1.54, 1.807) is 31.2 Å². The molecule has 0 spiro atoms. The molecular formula is C24H17ClF6N2O5S. The maximum Gasteiger partial charge on any atom is 0.427 e. The van der Waals surface area contributed by atoms with Crippen molar-refractivity contribution in [1.82, 2.24) is 5.43 Å². The maximum absolute atomic E-state index is 13.1. The average molecular weight is 595 g/mol. The molecule has 0 heterocycles. The largest absolute Gasteiger partial charge is 0.449 e. The first-order chi connectivity index (χ1) is 18.1. The first-order valence-corrected chi connectivity index (χ1v) is 12.5. The van der Waals surface area contributed by atoms with Gasteiger partial charge in [0.2, 0.25) is 0 Å². The van der Waals surface area contributed by atoms with E-state index in [4.69, 9.17) is 20.5 Å². The number of rotatable bonds is 7. The molecule has 208 valence electrons. The molecule has 0 radical (unpaired) electrons. The maximum atomic E-state index is 13.1. The van der Waals surface area contributed by atoms with Gasteiger partial charge in [0.15, 0.2) is 0 Å². The minimum Gasteiger partial charge on any atom is -0.449 e. The third-order valence-electron chi connectivity index (χ3n) is 4.84. The number of hydrogen-bond acceptors (Lipinski definition) is 6. The predicted molar refractivity (Wildman–Crippen MR) is 128 cm³/mol. The Hall–Kier alpha value is -3.78. The lowest BCUT2D eigenvalue weighted by Gasteiger charge is -2.15. The average Bonchev–Trinajstić information content (AvgIpc) is 2.85. The number of amides is 1. The number of ether oxygens (including phenoxy) is 1. The van der Waals surface area contributed by atoms with E-state index in [1.165, 1.54) is 12.1 Å². The van der Waals surface area contributed by atoms with Gasteiger partial charge in [0.1, 0.15) is 10.6 Å². The molecule has 1 N–H and O–H groups in total. The van der Waals surface area contributed by atoms with Crippen molar-refractivity contribution in [2.75, 3.05) is 6.61 Å². The number of alkyl halides is 6. The normalized spacial score (nSPS) is 12.7. The highest BCUT2D eigenvalue weighted by atomic mass is 35.5. The lowest BCUT2D eigenvalue weighted by atomic mass is 10.0. The van der Waals surface area contributed by atoms with Crippen molar-refractivity contribution in [2.24, 2.45) is 5.10 Å². The molecule has 1 amide bonds. The molecule has 0 unspecified atom stereocenters. The van der Waals surface area contributed by atoms with Crippen molar-refractivity contribution in [3.05, 3.63) is 94.0 Å². The van der Waals surface area contributed by atoms with E-state index in [2.05, 4.69) is 10.5 Å². The molecule has 3 aromatic rings. The zero-order valence-corrected chi connectivity index (χ0v) is 21.2. The van der Waals surface area contributed by atoms with Crippen LogP contribution in [0.1, 0.15) is 29.2 Å². The van der Waals surface area contributed by atoms with Gasteiger partial charge in [-0.3, -0.25) is 0 Å². The van der Waals surface area contributed by atoms with Crippen LogP contribution in [0, 0.1) is 0 Å². The van der Waals surface area contributed by atoms with Gasteiger partial charge >= 0.3 is 28.6 Å². The first-order valence-electron chi connectivity index (χ1n) is 10.7. The SMILES string of the molecule is CCOC(=O)NN=C(c1ccc(Cl)cc1)c1ccc(OS(=O)(=O)c2cc(C(F)(F)F)cc(C(F)(F)F)c2)cc1. The third kappa shape index (κ3) is 7.86. The molecule has 3 rings (SSSR count). The summed E-state index contributed by atoms with van der Waals surface area (Å²) in [6, 6.07) is 10.9. The number of hydrazone groups is 1. The standard InChI is InChI=1S/C24H17ClF6N2O5S/c1-2-37-22(34)33-32-21(14-3-7-18(25)8-4-14)15-5-9-19(10-6-15)38-39(35,36)20-12-16(23(26,27)28)11-17(13-20)24(29,30)31/h3-13H,2H2,1H3,(H,33,34). The van der Waals surface area contributed by atoms with Gasteiger partial charge in [-0.05, 0) is 61.5 Å². The molecule has 0 aliphatic heterocycles. The Morgan fingerprint density at radius 3 is 1.82 bits per heavy atom. The van der Waals surface area contributed by atoms with E-state index in [1.807, 2.05) is 0 Å². The van der Waals surface area contributed by atoms with Crippen molar-refractivity contribution >= 4 is 33.5 Å². The molecule has 0 saturated carbocycles. The monoisotopic (exact) mass is 594 g/mol. The van der Waals surface area contributed by atoms with Crippen molar-refractivity contribution in [3.8, 4) is 5.75 Å². The Balaban J connectivity index is 1.95. The van der Waals surface area contributed by atoms with Crippen molar-refractivity contribution in [1.29, 1.82) is 0 Å². The van der Waals surface area contributed by atoms with Gasteiger partial charge in [0.25, 0.3) is 0 Å². The summed E-state index contributed by atoms with van der Waals surface area (Å²) in [4.78, 5) is 10.4. The van der Waals surface area contributed by atoms with Gasteiger partial charge in [0, 0.05) is 16.1 Å².